The molecule has 5 amide bonds. The van der Waals surface area contributed by atoms with Crippen molar-refractivity contribution in [1.82, 2.24) is 31.1 Å². The average molecular weight is 807 g/mol. The first kappa shape index (κ1) is 53.5. The van der Waals surface area contributed by atoms with Gasteiger partial charge in [0.05, 0.1) is 12.1 Å². The van der Waals surface area contributed by atoms with E-state index in [0.717, 1.165) is 57.8 Å². The number of hydrogen-bond acceptors (Lipinski definition) is 8. The van der Waals surface area contributed by atoms with E-state index in [1.165, 1.54) is 38.2 Å². The first-order chi connectivity index (χ1) is 27.2. The summed E-state index contributed by atoms with van der Waals surface area (Å²) in [5, 5.41) is 11.3. The Hall–Kier alpha value is -3.48. The summed E-state index contributed by atoms with van der Waals surface area (Å²) >= 11 is 0. The highest BCUT2D eigenvalue weighted by molar-refractivity contribution is 6.38. The van der Waals surface area contributed by atoms with E-state index >= 15 is 0 Å². The van der Waals surface area contributed by atoms with Crippen LogP contribution >= 0.6 is 0 Å². The number of likely N-dealkylation sites (tertiary alicyclic amines) is 1. The number of ether oxygens (including phenoxy) is 1. The van der Waals surface area contributed by atoms with Crippen LogP contribution in [0, 0.1) is 11.8 Å². The van der Waals surface area contributed by atoms with Crippen LogP contribution < -0.4 is 21.3 Å². The van der Waals surface area contributed by atoms with Crippen molar-refractivity contribution in [3.8, 4) is 0 Å². The second kappa shape index (κ2) is 30.6. The lowest BCUT2D eigenvalue weighted by atomic mass is 9.83. The molecule has 4 unspecified atom stereocenters. The lowest BCUT2D eigenvalue weighted by Crippen LogP contribution is -2.56. The van der Waals surface area contributed by atoms with Crippen LogP contribution in [0.2, 0.25) is 0 Å². The minimum Gasteiger partial charge on any atom is -0.444 e. The quantitative estimate of drug-likeness (QED) is 0.0718. The molecule has 330 valence electrons. The fraction of sp³-hybridized carbons (Fsp3) is 0.818. The molecule has 2 saturated carbocycles. The van der Waals surface area contributed by atoms with Crippen molar-refractivity contribution in [2.45, 2.75) is 188 Å². The third kappa shape index (κ3) is 20.7. The summed E-state index contributed by atoms with van der Waals surface area (Å²) in [4.78, 5) is 77.3. The molecule has 2 aliphatic carbocycles. The third-order valence-electron chi connectivity index (χ3n) is 10.3. The summed E-state index contributed by atoms with van der Waals surface area (Å²) in [5.74, 6) is -1.01. The number of likely N-dealkylation sites (N-methyl/N-ethyl adjacent to an activating group) is 2. The van der Waals surface area contributed by atoms with Gasteiger partial charge < -0.3 is 35.8 Å². The summed E-state index contributed by atoms with van der Waals surface area (Å²) in [6.07, 6.45) is 17.8. The predicted molar refractivity (Wildman–Crippen MR) is 230 cm³/mol. The molecule has 3 rings (SSSR count). The Morgan fingerprint density at radius 3 is 1.95 bits per heavy atom. The van der Waals surface area contributed by atoms with Crippen LogP contribution in [0.5, 0.6) is 0 Å². The standard InChI is InChI=1S/C24H40N4O4.C15H28N2O3.C3H8.C2H6/c1-4-6-13-18(21(29)23(31)26-15-5-2)27-22(30)19-14-10-16-28(19)24(32)20(25-3)17-11-8-7-9-12-17;1-15(2,3)20-14(19)17(4)10-13(16-11-18)12-8-6-5-7-9-12;1-3-2;1-2/h5,17-20,25H,2,4,6-16H2,1,3H3,(H,26,31)(H,27,30);11-13H,5-10H2,1-4H3,(H,16,18);3H2,1-2H3;1-2H3. The molecule has 0 aromatic carbocycles. The third-order valence-corrected chi connectivity index (χ3v) is 10.3. The van der Waals surface area contributed by atoms with Crippen LogP contribution in [-0.4, -0.2) is 109 Å². The number of nitrogens with zero attached hydrogens (tertiary/aromatic N) is 2. The molecule has 1 saturated heterocycles. The van der Waals surface area contributed by atoms with E-state index in [0.29, 0.717) is 38.3 Å². The second-order valence-electron chi connectivity index (χ2n) is 16.3. The monoisotopic (exact) mass is 807 g/mol. The van der Waals surface area contributed by atoms with Gasteiger partial charge in [-0.2, -0.15) is 0 Å². The van der Waals surface area contributed by atoms with E-state index in [1.54, 1.807) is 16.8 Å². The molecule has 13 heteroatoms. The zero-order chi connectivity index (χ0) is 43.4. The van der Waals surface area contributed by atoms with Gasteiger partial charge >= 0.3 is 6.09 Å². The zero-order valence-electron chi connectivity index (χ0n) is 37.5. The summed E-state index contributed by atoms with van der Waals surface area (Å²) in [6.45, 7) is 20.5. The molecule has 1 heterocycles. The molecule has 0 spiro atoms. The molecular formula is C44H82N6O7. The Morgan fingerprint density at radius 2 is 1.46 bits per heavy atom. The van der Waals surface area contributed by atoms with E-state index in [1.807, 2.05) is 48.6 Å². The highest BCUT2D eigenvalue weighted by Crippen LogP contribution is 2.30. The number of Topliss-reactive ketones (excluding diaryl/α,β-unsaturated/α-hetero) is 1. The van der Waals surface area contributed by atoms with Crippen molar-refractivity contribution in [2.75, 3.05) is 33.7 Å². The molecule has 0 radical (unpaired) electrons. The Morgan fingerprint density at radius 1 is 0.895 bits per heavy atom. The summed E-state index contributed by atoms with van der Waals surface area (Å²) < 4.78 is 5.34. The Labute approximate surface area is 346 Å². The first-order valence-electron chi connectivity index (χ1n) is 22.0. The van der Waals surface area contributed by atoms with Gasteiger partial charge in [-0.05, 0) is 84.6 Å². The number of amides is 5. The van der Waals surface area contributed by atoms with Gasteiger partial charge in [0.15, 0.2) is 0 Å². The van der Waals surface area contributed by atoms with E-state index in [2.05, 4.69) is 41.7 Å². The first-order valence-corrected chi connectivity index (χ1v) is 22.0. The number of carbonyl (C=O) groups excluding carboxylic acids is 6. The van der Waals surface area contributed by atoms with Crippen molar-refractivity contribution >= 4 is 36.0 Å². The molecule has 0 bridgehead atoms. The van der Waals surface area contributed by atoms with Crippen LogP contribution in [0.15, 0.2) is 12.7 Å². The Kier molecular flexibility index (Phi) is 28.7. The number of rotatable bonds is 17. The number of hydrogen-bond donors (Lipinski definition) is 4. The molecule has 4 atom stereocenters. The van der Waals surface area contributed by atoms with Gasteiger partial charge in [-0.3, -0.25) is 24.0 Å². The SMILES string of the molecule is C=CCNC(=O)C(=O)C(CCCC)NC(=O)C1CCCN1C(=O)C(NC)C1CCCCC1.CC.CCC.CN(CC(NC=O)C1CCCCC1)C(=O)OC(C)(C)C. The highest BCUT2D eigenvalue weighted by Gasteiger charge is 2.40. The van der Waals surface area contributed by atoms with Gasteiger partial charge in [-0.25, -0.2) is 4.79 Å². The van der Waals surface area contributed by atoms with E-state index in [-0.39, 0.29) is 42.5 Å². The van der Waals surface area contributed by atoms with Gasteiger partial charge in [-0.1, -0.05) is 98.5 Å². The van der Waals surface area contributed by atoms with Crippen molar-refractivity contribution in [2.24, 2.45) is 11.8 Å². The maximum atomic E-state index is 13.4. The van der Waals surface area contributed by atoms with Crippen LogP contribution in [0.4, 0.5) is 4.79 Å². The van der Waals surface area contributed by atoms with Gasteiger partial charge in [0.25, 0.3) is 5.91 Å². The van der Waals surface area contributed by atoms with Gasteiger partial charge in [0, 0.05) is 32.7 Å². The molecule has 1 aliphatic heterocycles. The maximum absolute atomic E-state index is 13.4. The number of carbonyl (C=O) groups is 6. The summed E-state index contributed by atoms with van der Waals surface area (Å²) in [7, 11) is 3.53. The highest BCUT2D eigenvalue weighted by atomic mass is 16.6. The normalized spacial score (nSPS) is 18.6. The molecule has 4 N–H and O–H groups in total. The molecule has 0 aromatic rings. The minimum atomic E-state index is -0.886. The fourth-order valence-corrected chi connectivity index (χ4v) is 7.54. The molecule has 57 heavy (non-hydrogen) atoms. The largest absolute Gasteiger partial charge is 0.444 e. The fourth-order valence-electron chi connectivity index (χ4n) is 7.54. The van der Waals surface area contributed by atoms with Crippen molar-refractivity contribution in [3.05, 3.63) is 12.7 Å². The number of unbranched alkanes of at least 4 members (excludes halogenated alkanes) is 1. The van der Waals surface area contributed by atoms with Crippen molar-refractivity contribution in [3.63, 3.8) is 0 Å². The van der Waals surface area contributed by atoms with Crippen molar-refractivity contribution < 1.29 is 33.5 Å². The second-order valence-corrected chi connectivity index (χ2v) is 16.3. The summed E-state index contributed by atoms with van der Waals surface area (Å²) in [5.41, 5.74) is -0.496. The zero-order valence-corrected chi connectivity index (χ0v) is 37.5. The Balaban J connectivity index is 0.00000107. The van der Waals surface area contributed by atoms with Crippen LogP contribution in [0.3, 0.4) is 0 Å². The van der Waals surface area contributed by atoms with Crippen LogP contribution in [-0.2, 0) is 28.7 Å². The molecular weight excluding hydrogens is 725 g/mol. The maximum Gasteiger partial charge on any atom is 0.410 e. The van der Waals surface area contributed by atoms with Crippen LogP contribution in [0.1, 0.15) is 158 Å². The van der Waals surface area contributed by atoms with Gasteiger partial charge in [0.2, 0.25) is 24.0 Å². The smallest absolute Gasteiger partial charge is 0.410 e. The minimum absolute atomic E-state index is 0.0188. The number of nitrogens with one attached hydrogen (secondary N) is 4. The molecule has 3 aliphatic rings. The average Bonchev–Trinajstić information content (AvgIpc) is 3.70. The Bertz CT molecular complexity index is 1180. The van der Waals surface area contributed by atoms with Gasteiger partial charge in [-0.15, -0.1) is 6.58 Å². The lowest BCUT2D eigenvalue weighted by Gasteiger charge is -2.34. The van der Waals surface area contributed by atoms with Gasteiger partial charge in [0.1, 0.15) is 11.6 Å². The molecule has 13 nitrogen and oxygen atoms in total. The topological polar surface area (TPSA) is 166 Å². The predicted octanol–water partition coefficient (Wildman–Crippen LogP) is 6.68. The van der Waals surface area contributed by atoms with E-state index in [4.69, 9.17) is 4.74 Å². The van der Waals surface area contributed by atoms with E-state index in [9.17, 15) is 28.8 Å². The molecule has 0 aromatic heterocycles. The molecule has 3 fully saturated rings. The van der Waals surface area contributed by atoms with Crippen molar-refractivity contribution in [1.29, 1.82) is 0 Å². The lowest BCUT2D eigenvalue weighted by molar-refractivity contribution is -0.143. The van der Waals surface area contributed by atoms with E-state index < -0.39 is 29.4 Å². The number of ketones is 1. The summed E-state index contributed by atoms with van der Waals surface area (Å²) in [6, 6.07) is -1.76. The van der Waals surface area contributed by atoms with Crippen LogP contribution in [0.25, 0.3) is 0 Å².